The molecule has 7 heteroatoms. The van der Waals surface area contributed by atoms with E-state index in [2.05, 4.69) is 6.92 Å². The summed E-state index contributed by atoms with van der Waals surface area (Å²) in [6.45, 7) is 2.54. The van der Waals surface area contributed by atoms with Crippen molar-refractivity contribution in [2.45, 2.75) is 70.8 Å². The molecule has 0 bridgehead atoms. The molecule has 36 heavy (non-hydrogen) atoms. The van der Waals surface area contributed by atoms with E-state index in [1.54, 1.807) is 26.4 Å². The summed E-state index contributed by atoms with van der Waals surface area (Å²) < 4.78 is 21.6. The molecule has 0 saturated carbocycles. The van der Waals surface area contributed by atoms with Crippen molar-refractivity contribution in [3.05, 3.63) is 54.1 Å². The highest BCUT2D eigenvalue weighted by atomic mass is 17.1. The van der Waals surface area contributed by atoms with Crippen LogP contribution in [0.1, 0.15) is 63.9 Å². The summed E-state index contributed by atoms with van der Waals surface area (Å²) in [5.74, 6) is 1.20. The van der Waals surface area contributed by atoms with Crippen molar-refractivity contribution in [3.63, 3.8) is 0 Å². The molecule has 0 aliphatic carbocycles. The zero-order valence-corrected chi connectivity index (χ0v) is 21.9. The lowest BCUT2D eigenvalue weighted by Gasteiger charge is -2.23. The van der Waals surface area contributed by atoms with Crippen LogP contribution in [0.3, 0.4) is 0 Å². The number of rotatable bonds is 19. The molecule has 2 aromatic rings. The first-order valence-electron chi connectivity index (χ1n) is 13.0. The Morgan fingerprint density at radius 3 is 1.92 bits per heavy atom. The Morgan fingerprint density at radius 2 is 1.33 bits per heavy atom. The summed E-state index contributed by atoms with van der Waals surface area (Å²) in [7, 11) is 3.22. The van der Waals surface area contributed by atoms with E-state index in [0.29, 0.717) is 18.6 Å². The van der Waals surface area contributed by atoms with E-state index in [0.717, 1.165) is 36.3 Å². The van der Waals surface area contributed by atoms with Crippen LogP contribution in [0.2, 0.25) is 0 Å². The van der Waals surface area contributed by atoms with Gasteiger partial charge in [0.05, 0.1) is 20.1 Å². The molecule has 2 unspecified atom stereocenters. The number of carbonyl (C=O) groups excluding carboxylic acids is 1. The van der Waals surface area contributed by atoms with E-state index in [1.807, 2.05) is 36.4 Å². The second-order valence-electron chi connectivity index (χ2n) is 8.90. The molecule has 0 spiro atoms. The van der Waals surface area contributed by atoms with Crippen LogP contribution in [0.25, 0.3) is 0 Å². The highest BCUT2D eigenvalue weighted by Gasteiger charge is 2.31. The molecule has 0 amide bonds. The van der Waals surface area contributed by atoms with Crippen LogP contribution in [0.4, 0.5) is 0 Å². The smallest absolute Gasteiger partial charge is 0.311 e. The second-order valence-corrected chi connectivity index (χ2v) is 8.90. The summed E-state index contributed by atoms with van der Waals surface area (Å²) in [5.41, 5.74) is 0.940. The topological polar surface area (TPSA) is 83.5 Å². The van der Waals surface area contributed by atoms with Crippen LogP contribution < -0.4 is 14.2 Å². The molecule has 2 aromatic carbocycles. The average Bonchev–Trinajstić information content (AvgIpc) is 2.92. The largest absolute Gasteiger partial charge is 0.497 e. The number of carbonyl (C=O) groups is 1. The van der Waals surface area contributed by atoms with Gasteiger partial charge in [-0.15, -0.1) is 0 Å². The van der Waals surface area contributed by atoms with Gasteiger partial charge in [-0.05, 0) is 48.4 Å². The zero-order chi connectivity index (χ0) is 26.0. The third-order valence-corrected chi connectivity index (χ3v) is 6.26. The lowest BCUT2D eigenvalue weighted by atomic mass is 9.91. The molecule has 0 heterocycles. The third-order valence-electron chi connectivity index (χ3n) is 6.26. The molecule has 0 aliphatic rings. The van der Waals surface area contributed by atoms with E-state index in [9.17, 15) is 10.1 Å². The van der Waals surface area contributed by atoms with E-state index >= 15 is 0 Å². The fraction of sp³-hybridized carbons (Fsp3) is 0.552. The van der Waals surface area contributed by atoms with Crippen LogP contribution >= 0.6 is 0 Å². The molecule has 0 saturated heterocycles. The lowest BCUT2D eigenvalue weighted by molar-refractivity contribution is -0.290. The highest BCUT2D eigenvalue weighted by molar-refractivity contribution is 5.73. The maximum atomic E-state index is 13.0. The Balaban J connectivity index is 1.91. The van der Waals surface area contributed by atoms with Crippen molar-refractivity contribution >= 4 is 5.97 Å². The van der Waals surface area contributed by atoms with Crippen LogP contribution in [-0.4, -0.2) is 44.8 Å². The minimum absolute atomic E-state index is 0.110. The van der Waals surface area contributed by atoms with Crippen molar-refractivity contribution in [1.29, 1.82) is 0 Å². The Morgan fingerprint density at radius 1 is 0.778 bits per heavy atom. The minimum atomic E-state index is -0.700. The predicted octanol–water partition coefficient (Wildman–Crippen LogP) is 6.48. The van der Waals surface area contributed by atoms with Gasteiger partial charge in [0.2, 0.25) is 0 Å². The lowest BCUT2D eigenvalue weighted by Crippen LogP contribution is -2.34. The number of hydrogen-bond acceptors (Lipinski definition) is 7. The van der Waals surface area contributed by atoms with Crippen molar-refractivity contribution in [1.82, 2.24) is 0 Å². The predicted molar refractivity (Wildman–Crippen MR) is 140 cm³/mol. The fourth-order valence-corrected chi connectivity index (χ4v) is 4.10. The monoisotopic (exact) mass is 502 g/mol. The number of unbranched alkanes of at least 4 members (excludes halogenated alkanes) is 6. The van der Waals surface area contributed by atoms with Gasteiger partial charge in [0.15, 0.2) is 0 Å². The van der Waals surface area contributed by atoms with Gasteiger partial charge < -0.3 is 18.9 Å². The van der Waals surface area contributed by atoms with Crippen LogP contribution in [0.15, 0.2) is 48.5 Å². The van der Waals surface area contributed by atoms with Crippen LogP contribution in [0.5, 0.6) is 17.2 Å². The van der Waals surface area contributed by atoms with Gasteiger partial charge in [0.1, 0.15) is 36.6 Å². The number of hydrogen-bond donors (Lipinski definition) is 1. The Kier molecular flexibility index (Phi) is 14.4. The molecular weight excluding hydrogens is 460 g/mol. The molecule has 0 fully saturated rings. The minimum Gasteiger partial charge on any atom is -0.497 e. The van der Waals surface area contributed by atoms with Crippen molar-refractivity contribution in [2.75, 3.05) is 27.4 Å². The Hall–Kier alpha value is -2.77. The molecule has 1 N–H and O–H groups in total. The normalized spacial score (nSPS) is 12.6. The van der Waals surface area contributed by atoms with E-state index in [1.165, 1.54) is 25.7 Å². The first-order valence-corrected chi connectivity index (χ1v) is 13.0. The van der Waals surface area contributed by atoms with Crippen molar-refractivity contribution in [2.24, 2.45) is 5.92 Å². The first-order chi connectivity index (χ1) is 17.6. The second kappa shape index (κ2) is 17.6. The molecule has 200 valence electrons. The fourth-order valence-electron chi connectivity index (χ4n) is 4.10. The highest BCUT2D eigenvalue weighted by Crippen LogP contribution is 2.24. The van der Waals surface area contributed by atoms with Gasteiger partial charge >= 0.3 is 5.97 Å². The Bertz CT molecular complexity index is 836. The van der Waals surface area contributed by atoms with Crippen LogP contribution in [0, 0.1) is 5.92 Å². The summed E-state index contributed by atoms with van der Waals surface area (Å²) in [6.07, 6.45) is 8.26. The quantitative estimate of drug-likeness (QED) is 0.102. The molecule has 2 atom stereocenters. The Labute approximate surface area is 215 Å². The zero-order valence-electron chi connectivity index (χ0n) is 21.9. The van der Waals surface area contributed by atoms with Gasteiger partial charge in [-0.3, -0.25) is 10.1 Å². The van der Waals surface area contributed by atoms with E-state index in [4.69, 9.17) is 23.8 Å². The summed E-state index contributed by atoms with van der Waals surface area (Å²) in [6, 6.07) is 14.7. The number of methoxy groups -OCH3 is 2. The summed E-state index contributed by atoms with van der Waals surface area (Å²) >= 11 is 0. The molecular formula is C29H42O7. The number of benzene rings is 2. The van der Waals surface area contributed by atoms with Crippen molar-refractivity contribution in [3.8, 4) is 17.2 Å². The maximum Gasteiger partial charge on any atom is 0.311 e. The van der Waals surface area contributed by atoms with E-state index < -0.39 is 12.0 Å². The average molecular weight is 503 g/mol. The molecule has 7 nitrogen and oxygen atoms in total. The first kappa shape index (κ1) is 29.5. The van der Waals surface area contributed by atoms with Gasteiger partial charge in [-0.2, -0.15) is 0 Å². The van der Waals surface area contributed by atoms with Gasteiger partial charge in [0, 0.05) is 6.42 Å². The number of ether oxygens (including phenoxy) is 4. The summed E-state index contributed by atoms with van der Waals surface area (Å²) in [4.78, 5) is 17.9. The maximum absolute atomic E-state index is 13.0. The molecule has 0 aromatic heterocycles. The molecule has 2 rings (SSSR count). The van der Waals surface area contributed by atoms with Crippen molar-refractivity contribution < 1.29 is 33.9 Å². The molecule has 0 radical (unpaired) electrons. The van der Waals surface area contributed by atoms with Gasteiger partial charge in [-0.25, -0.2) is 4.89 Å². The third kappa shape index (κ3) is 10.9. The standard InChI is InChI=1S/C29H42O7/c1-4-5-6-7-8-9-10-11-27(28(36-31)22-23-12-14-24(32-2)15-13-23)29(30)35-21-20-34-26-18-16-25(33-3)17-19-26/h12-19,27-28,31H,4-11,20-22H2,1-3H3. The molecule has 0 aliphatic heterocycles. The van der Waals surface area contributed by atoms with Crippen LogP contribution in [-0.2, 0) is 20.8 Å². The van der Waals surface area contributed by atoms with E-state index in [-0.39, 0.29) is 19.2 Å². The van der Waals surface area contributed by atoms with Gasteiger partial charge in [0.25, 0.3) is 0 Å². The number of esters is 1. The summed E-state index contributed by atoms with van der Waals surface area (Å²) in [5, 5.41) is 9.70. The van der Waals surface area contributed by atoms with Gasteiger partial charge in [-0.1, -0.05) is 64.0 Å². The SMILES string of the molecule is CCCCCCCCCC(C(=O)OCCOc1ccc(OC)cc1)C(Cc1ccc(OC)cc1)OO.